The van der Waals surface area contributed by atoms with Crippen LogP contribution in [0.4, 0.5) is 4.39 Å². The van der Waals surface area contributed by atoms with Crippen molar-refractivity contribution in [3.8, 4) is 11.5 Å². The third kappa shape index (κ3) is 1.61. The normalized spacial score (nSPS) is 17.1. The molecule has 0 spiro atoms. The minimum absolute atomic E-state index is 0.154. The molecule has 0 heterocycles. The van der Waals surface area contributed by atoms with E-state index in [0.717, 1.165) is 6.07 Å². The lowest BCUT2D eigenvalue weighted by Crippen LogP contribution is -2.43. The molecule has 4 nitrogen and oxygen atoms in total. The zero-order chi connectivity index (χ0) is 13.5. The predicted molar refractivity (Wildman–Crippen MR) is 62.8 cm³/mol. The number of carbonyl (C=O) groups is 1. The fourth-order valence-electron chi connectivity index (χ4n) is 2.33. The van der Waals surface area contributed by atoms with Crippen molar-refractivity contribution in [1.82, 2.24) is 0 Å². The summed E-state index contributed by atoms with van der Waals surface area (Å²) >= 11 is 5.66. The second-order valence-electron chi connectivity index (χ2n) is 4.34. The average Bonchev–Trinajstić information content (AvgIpc) is 2.23. The second kappa shape index (κ2) is 4.31. The first-order valence-corrected chi connectivity index (χ1v) is 5.80. The molecular weight excluding hydrogens is 263 g/mol. The van der Waals surface area contributed by atoms with E-state index in [-0.39, 0.29) is 22.1 Å². The van der Waals surface area contributed by atoms with Crippen LogP contribution < -0.4 is 4.74 Å². The highest BCUT2D eigenvalue weighted by Crippen LogP contribution is 2.51. The number of methoxy groups -OCH3 is 1. The van der Waals surface area contributed by atoms with E-state index in [1.54, 1.807) is 0 Å². The van der Waals surface area contributed by atoms with Crippen molar-refractivity contribution in [3.63, 3.8) is 0 Å². The fraction of sp³-hybridized carbons (Fsp3) is 0.417. The van der Waals surface area contributed by atoms with Crippen molar-refractivity contribution in [2.24, 2.45) is 0 Å². The number of benzene rings is 1. The minimum Gasteiger partial charge on any atom is -0.504 e. The summed E-state index contributed by atoms with van der Waals surface area (Å²) in [6.07, 6.45) is 1.28. The van der Waals surface area contributed by atoms with E-state index < -0.39 is 17.2 Å². The first-order valence-electron chi connectivity index (χ1n) is 5.43. The maximum atomic E-state index is 14.1. The molecule has 18 heavy (non-hydrogen) atoms. The monoisotopic (exact) mass is 274 g/mol. The number of aliphatic carboxylic acids is 1. The van der Waals surface area contributed by atoms with Crippen LogP contribution in [0.15, 0.2) is 6.07 Å². The maximum Gasteiger partial charge on any atom is 0.314 e. The molecule has 1 aliphatic rings. The molecule has 0 atom stereocenters. The number of carboxylic acid groups (broad SMARTS) is 1. The van der Waals surface area contributed by atoms with Crippen molar-refractivity contribution < 1.29 is 24.1 Å². The molecule has 0 saturated heterocycles. The van der Waals surface area contributed by atoms with Crippen molar-refractivity contribution in [3.05, 3.63) is 22.5 Å². The van der Waals surface area contributed by atoms with Crippen LogP contribution in [0.5, 0.6) is 11.5 Å². The summed E-state index contributed by atoms with van der Waals surface area (Å²) in [7, 11) is 1.25. The molecule has 1 aromatic carbocycles. The topological polar surface area (TPSA) is 66.8 Å². The third-order valence-corrected chi connectivity index (χ3v) is 3.73. The van der Waals surface area contributed by atoms with Crippen molar-refractivity contribution in [2.75, 3.05) is 7.11 Å². The summed E-state index contributed by atoms with van der Waals surface area (Å²) in [5.74, 6) is -2.48. The van der Waals surface area contributed by atoms with Crippen LogP contribution in [0.25, 0.3) is 0 Å². The molecule has 1 fully saturated rings. The lowest BCUT2D eigenvalue weighted by Gasteiger charge is -2.39. The SMILES string of the molecule is COc1c(O)cc(Cl)c(F)c1C1(C(=O)O)CCC1. The largest absolute Gasteiger partial charge is 0.504 e. The summed E-state index contributed by atoms with van der Waals surface area (Å²) in [5, 5.41) is 18.7. The van der Waals surface area contributed by atoms with Gasteiger partial charge in [0.05, 0.1) is 23.1 Å². The van der Waals surface area contributed by atoms with E-state index in [1.165, 1.54) is 7.11 Å². The van der Waals surface area contributed by atoms with Crippen LogP contribution in [0.3, 0.4) is 0 Å². The lowest BCUT2D eigenvalue weighted by molar-refractivity contribution is -0.147. The smallest absolute Gasteiger partial charge is 0.314 e. The Kier molecular flexibility index (Phi) is 3.11. The molecule has 6 heteroatoms. The van der Waals surface area contributed by atoms with Crippen molar-refractivity contribution in [2.45, 2.75) is 24.7 Å². The Balaban J connectivity index is 2.72. The van der Waals surface area contributed by atoms with Gasteiger partial charge in [0.25, 0.3) is 0 Å². The first kappa shape index (κ1) is 13.0. The Hall–Kier alpha value is -1.49. The quantitative estimate of drug-likeness (QED) is 0.889. The number of hydrogen-bond donors (Lipinski definition) is 2. The average molecular weight is 275 g/mol. The van der Waals surface area contributed by atoms with E-state index in [4.69, 9.17) is 16.3 Å². The Labute approximate surface area is 108 Å². The first-order chi connectivity index (χ1) is 8.44. The maximum absolute atomic E-state index is 14.1. The number of aromatic hydroxyl groups is 1. The summed E-state index contributed by atoms with van der Waals surface area (Å²) in [6.45, 7) is 0. The predicted octanol–water partition coefficient (Wildman–Crippen LogP) is 2.70. The number of rotatable bonds is 3. The second-order valence-corrected chi connectivity index (χ2v) is 4.75. The molecule has 0 aliphatic heterocycles. The van der Waals surface area contributed by atoms with Gasteiger partial charge in [0.1, 0.15) is 5.82 Å². The standard InChI is InChI=1S/C12H12ClFO4/c1-18-10-7(15)5-6(13)9(14)8(10)12(11(16)17)3-2-4-12/h5,15H,2-4H2,1H3,(H,16,17). The zero-order valence-electron chi connectivity index (χ0n) is 9.67. The van der Waals surface area contributed by atoms with E-state index in [1.807, 2.05) is 0 Å². The zero-order valence-corrected chi connectivity index (χ0v) is 10.4. The van der Waals surface area contributed by atoms with Crippen LogP contribution in [0.2, 0.25) is 5.02 Å². The summed E-state index contributed by atoms with van der Waals surface area (Å²) in [5.41, 5.74) is -1.51. The number of hydrogen-bond acceptors (Lipinski definition) is 3. The fourth-order valence-corrected chi connectivity index (χ4v) is 2.53. The molecule has 0 unspecified atom stereocenters. The molecule has 0 aromatic heterocycles. The Morgan fingerprint density at radius 2 is 2.17 bits per heavy atom. The Bertz CT molecular complexity index is 511. The minimum atomic E-state index is -1.35. The van der Waals surface area contributed by atoms with Gasteiger partial charge in [0, 0.05) is 6.07 Å². The summed E-state index contributed by atoms with van der Waals surface area (Å²) in [4.78, 5) is 11.4. The summed E-state index contributed by atoms with van der Waals surface area (Å²) < 4.78 is 19.1. The number of carboxylic acids is 1. The number of phenols is 1. The van der Waals surface area contributed by atoms with Gasteiger partial charge in [-0.05, 0) is 12.8 Å². The molecule has 0 amide bonds. The van der Waals surface area contributed by atoms with Gasteiger partial charge in [0.2, 0.25) is 0 Å². The van der Waals surface area contributed by atoms with Crippen LogP contribution in [-0.2, 0) is 10.2 Å². The molecule has 0 radical (unpaired) electrons. The van der Waals surface area contributed by atoms with Gasteiger partial charge in [-0.25, -0.2) is 4.39 Å². The molecule has 1 aromatic rings. The van der Waals surface area contributed by atoms with Crippen LogP contribution in [-0.4, -0.2) is 23.3 Å². The van der Waals surface area contributed by atoms with Gasteiger partial charge >= 0.3 is 5.97 Å². The Morgan fingerprint density at radius 3 is 2.56 bits per heavy atom. The molecule has 98 valence electrons. The van der Waals surface area contributed by atoms with Gasteiger partial charge in [-0.15, -0.1) is 0 Å². The van der Waals surface area contributed by atoms with E-state index in [2.05, 4.69) is 0 Å². The molecule has 1 saturated carbocycles. The number of phenolic OH excluding ortho intramolecular Hbond substituents is 1. The molecule has 0 bridgehead atoms. The van der Waals surface area contributed by atoms with E-state index >= 15 is 0 Å². The Morgan fingerprint density at radius 1 is 1.56 bits per heavy atom. The molecule has 2 N–H and O–H groups in total. The van der Waals surface area contributed by atoms with Gasteiger partial charge in [-0.2, -0.15) is 0 Å². The van der Waals surface area contributed by atoms with E-state index in [9.17, 15) is 19.4 Å². The molecular formula is C12H12ClFO4. The summed E-state index contributed by atoms with van der Waals surface area (Å²) in [6, 6.07) is 1.01. The highest BCUT2D eigenvalue weighted by Gasteiger charge is 2.50. The number of ether oxygens (including phenoxy) is 1. The molecule has 2 rings (SSSR count). The van der Waals surface area contributed by atoms with Gasteiger partial charge in [-0.1, -0.05) is 18.0 Å². The van der Waals surface area contributed by atoms with Crippen molar-refractivity contribution in [1.29, 1.82) is 0 Å². The molecule has 1 aliphatic carbocycles. The van der Waals surface area contributed by atoms with Gasteiger partial charge in [-0.3, -0.25) is 4.79 Å². The lowest BCUT2D eigenvalue weighted by atomic mass is 9.64. The van der Waals surface area contributed by atoms with Crippen molar-refractivity contribution >= 4 is 17.6 Å². The van der Waals surface area contributed by atoms with E-state index in [0.29, 0.717) is 19.3 Å². The number of halogens is 2. The third-order valence-electron chi connectivity index (χ3n) is 3.45. The van der Waals surface area contributed by atoms with Crippen LogP contribution in [0, 0.1) is 5.82 Å². The van der Waals surface area contributed by atoms with Gasteiger partial charge < -0.3 is 14.9 Å². The highest BCUT2D eigenvalue weighted by molar-refractivity contribution is 6.31. The van der Waals surface area contributed by atoms with Gasteiger partial charge in [0.15, 0.2) is 11.5 Å². The van der Waals surface area contributed by atoms with Crippen LogP contribution in [0.1, 0.15) is 24.8 Å². The van der Waals surface area contributed by atoms with Crippen LogP contribution >= 0.6 is 11.6 Å². The highest BCUT2D eigenvalue weighted by atomic mass is 35.5.